The lowest BCUT2D eigenvalue weighted by Crippen LogP contribution is -2.43. The molecule has 1 aliphatic rings. The molecule has 0 aliphatic carbocycles. The van der Waals surface area contributed by atoms with Crippen LogP contribution in [0.1, 0.15) is 37.0 Å². The zero-order valence-corrected chi connectivity index (χ0v) is 11.5. The topological polar surface area (TPSA) is 59.2 Å². The minimum atomic E-state index is -0.0150. The molecular weight excluding hydrogens is 250 g/mol. The summed E-state index contributed by atoms with van der Waals surface area (Å²) in [6, 6.07) is 3.15. The van der Waals surface area contributed by atoms with E-state index in [0.29, 0.717) is 5.56 Å². The molecule has 0 aromatic carbocycles. The van der Waals surface area contributed by atoms with Gasteiger partial charge in [-0.1, -0.05) is 25.4 Å². The Labute approximate surface area is 112 Å². The summed E-state index contributed by atoms with van der Waals surface area (Å²) >= 11 is 5.83. The van der Waals surface area contributed by atoms with Crippen LogP contribution < -0.4 is 5.73 Å². The van der Waals surface area contributed by atoms with E-state index in [9.17, 15) is 4.79 Å². The number of likely N-dealkylation sites (tertiary alicyclic amines) is 1. The Bertz CT molecular complexity index is 453. The van der Waals surface area contributed by atoms with Crippen molar-refractivity contribution in [3.8, 4) is 0 Å². The van der Waals surface area contributed by atoms with Crippen molar-refractivity contribution in [2.45, 2.75) is 26.7 Å². The number of hydrogen-bond acceptors (Lipinski definition) is 3. The maximum absolute atomic E-state index is 12.4. The third kappa shape index (κ3) is 2.93. The van der Waals surface area contributed by atoms with Gasteiger partial charge in [0.2, 0.25) is 0 Å². The molecule has 4 nitrogen and oxygen atoms in total. The average Bonchev–Trinajstić information content (AvgIpc) is 2.25. The monoisotopic (exact) mass is 267 g/mol. The number of hydrogen-bond donors (Lipinski definition) is 1. The molecule has 0 unspecified atom stereocenters. The first kappa shape index (κ1) is 13.1. The van der Waals surface area contributed by atoms with Gasteiger partial charge in [0, 0.05) is 18.7 Å². The minimum Gasteiger partial charge on any atom is -0.384 e. The van der Waals surface area contributed by atoms with Crippen LogP contribution in [0, 0.1) is 5.41 Å². The van der Waals surface area contributed by atoms with Gasteiger partial charge >= 0.3 is 0 Å². The molecule has 1 aromatic heterocycles. The molecule has 5 heteroatoms. The van der Waals surface area contributed by atoms with Gasteiger partial charge in [0.25, 0.3) is 5.91 Å². The summed E-state index contributed by atoms with van der Waals surface area (Å²) in [6.07, 6.45) is 2.18. The van der Waals surface area contributed by atoms with Crippen molar-refractivity contribution >= 4 is 23.3 Å². The molecular formula is C13H18ClN3O. The van der Waals surface area contributed by atoms with Crippen molar-refractivity contribution in [3.63, 3.8) is 0 Å². The van der Waals surface area contributed by atoms with Gasteiger partial charge in [0.1, 0.15) is 11.0 Å². The molecule has 2 rings (SSSR count). The van der Waals surface area contributed by atoms with E-state index in [4.69, 9.17) is 17.3 Å². The molecule has 2 N–H and O–H groups in total. The van der Waals surface area contributed by atoms with Gasteiger partial charge in [-0.3, -0.25) is 4.79 Å². The number of anilines is 1. The third-order valence-corrected chi connectivity index (χ3v) is 3.44. The summed E-state index contributed by atoms with van der Waals surface area (Å²) in [6.45, 7) is 5.93. The Morgan fingerprint density at radius 2 is 2.22 bits per heavy atom. The smallest absolute Gasteiger partial charge is 0.254 e. The first-order valence-electron chi connectivity index (χ1n) is 6.10. The number of carbonyl (C=O) groups excluding carboxylic acids is 1. The van der Waals surface area contributed by atoms with E-state index in [1.54, 1.807) is 12.1 Å². The summed E-state index contributed by atoms with van der Waals surface area (Å²) in [5, 5.41) is 0.259. The van der Waals surface area contributed by atoms with Gasteiger partial charge in [-0.2, -0.15) is 0 Å². The molecule has 0 spiro atoms. The molecule has 1 aromatic rings. The van der Waals surface area contributed by atoms with Crippen LogP contribution in [-0.2, 0) is 0 Å². The third-order valence-electron chi connectivity index (χ3n) is 3.25. The number of pyridine rings is 1. The van der Waals surface area contributed by atoms with Crippen LogP contribution in [0.25, 0.3) is 0 Å². The lowest BCUT2D eigenvalue weighted by molar-refractivity contribution is 0.0583. The molecule has 18 heavy (non-hydrogen) atoms. The second-order valence-electron chi connectivity index (χ2n) is 5.60. The average molecular weight is 268 g/mol. The van der Waals surface area contributed by atoms with E-state index in [1.165, 1.54) is 0 Å². The van der Waals surface area contributed by atoms with E-state index in [1.807, 2.05) is 4.90 Å². The zero-order chi connectivity index (χ0) is 13.3. The number of nitrogens with zero attached hydrogens (tertiary/aromatic N) is 2. The molecule has 1 saturated heterocycles. The Balaban J connectivity index is 2.20. The van der Waals surface area contributed by atoms with Gasteiger partial charge in [-0.25, -0.2) is 4.98 Å². The van der Waals surface area contributed by atoms with Gasteiger partial charge < -0.3 is 10.6 Å². The van der Waals surface area contributed by atoms with Crippen LogP contribution in [0.5, 0.6) is 0 Å². The van der Waals surface area contributed by atoms with Gasteiger partial charge in [-0.15, -0.1) is 0 Å². The van der Waals surface area contributed by atoms with E-state index in [2.05, 4.69) is 18.8 Å². The number of nitrogen functional groups attached to an aromatic ring is 1. The highest BCUT2D eigenvalue weighted by Crippen LogP contribution is 2.29. The number of carbonyl (C=O) groups is 1. The standard InChI is InChI=1S/C13H18ClN3O/c1-13(2)4-3-5-17(8-13)12(18)9-6-10(14)16-11(15)7-9/h6-7H,3-5,8H2,1-2H3,(H2,15,16). The van der Waals surface area contributed by atoms with E-state index in [0.717, 1.165) is 25.9 Å². The van der Waals surface area contributed by atoms with Crippen molar-refractivity contribution in [2.75, 3.05) is 18.8 Å². The highest BCUT2D eigenvalue weighted by atomic mass is 35.5. The second kappa shape index (κ2) is 4.76. The fraction of sp³-hybridized carbons (Fsp3) is 0.538. The van der Waals surface area contributed by atoms with Crippen LogP contribution >= 0.6 is 11.6 Å². The SMILES string of the molecule is CC1(C)CCCN(C(=O)c2cc(N)nc(Cl)c2)C1. The number of aromatic nitrogens is 1. The molecule has 0 radical (unpaired) electrons. The van der Waals surface area contributed by atoms with E-state index in [-0.39, 0.29) is 22.3 Å². The molecule has 98 valence electrons. The maximum Gasteiger partial charge on any atom is 0.254 e. The Hall–Kier alpha value is -1.29. The fourth-order valence-corrected chi connectivity index (χ4v) is 2.63. The predicted molar refractivity (Wildman–Crippen MR) is 72.6 cm³/mol. The largest absolute Gasteiger partial charge is 0.384 e. The molecule has 0 atom stereocenters. The molecule has 0 saturated carbocycles. The lowest BCUT2D eigenvalue weighted by Gasteiger charge is -2.38. The minimum absolute atomic E-state index is 0.0150. The molecule has 1 fully saturated rings. The summed E-state index contributed by atoms with van der Waals surface area (Å²) in [5.74, 6) is 0.265. The maximum atomic E-state index is 12.4. The molecule has 2 heterocycles. The number of piperidine rings is 1. The van der Waals surface area contributed by atoms with Crippen molar-refractivity contribution in [2.24, 2.45) is 5.41 Å². The normalized spacial score (nSPS) is 18.7. The summed E-state index contributed by atoms with van der Waals surface area (Å²) in [7, 11) is 0. The van der Waals surface area contributed by atoms with Crippen molar-refractivity contribution in [1.29, 1.82) is 0 Å². The van der Waals surface area contributed by atoms with Crippen LogP contribution in [0.2, 0.25) is 5.15 Å². The summed E-state index contributed by atoms with van der Waals surface area (Å²) in [4.78, 5) is 18.1. The Kier molecular flexibility index (Phi) is 3.48. The zero-order valence-electron chi connectivity index (χ0n) is 10.7. The predicted octanol–water partition coefficient (Wildman–Crippen LogP) is 2.58. The molecule has 1 amide bonds. The highest BCUT2D eigenvalue weighted by Gasteiger charge is 2.29. The Morgan fingerprint density at radius 1 is 1.50 bits per heavy atom. The first-order chi connectivity index (χ1) is 8.37. The van der Waals surface area contributed by atoms with Crippen LogP contribution in [-0.4, -0.2) is 28.9 Å². The number of rotatable bonds is 1. The quantitative estimate of drug-likeness (QED) is 0.796. The van der Waals surface area contributed by atoms with Crippen molar-refractivity contribution in [3.05, 3.63) is 22.8 Å². The van der Waals surface area contributed by atoms with E-state index < -0.39 is 0 Å². The first-order valence-corrected chi connectivity index (χ1v) is 6.47. The summed E-state index contributed by atoms with van der Waals surface area (Å²) in [5.41, 5.74) is 6.31. The molecule has 1 aliphatic heterocycles. The van der Waals surface area contributed by atoms with Crippen molar-refractivity contribution < 1.29 is 4.79 Å². The lowest BCUT2D eigenvalue weighted by atomic mass is 9.84. The van der Waals surface area contributed by atoms with Crippen LogP contribution in [0.4, 0.5) is 5.82 Å². The van der Waals surface area contributed by atoms with Gasteiger partial charge in [0.15, 0.2) is 0 Å². The number of nitrogens with two attached hydrogens (primary N) is 1. The van der Waals surface area contributed by atoms with Gasteiger partial charge in [0.05, 0.1) is 0 Å². The van der Waals surface area contributed by atoms with Crippen LogP contribution in [0.3, 0.4) is 0 Å². The number of amides is 1. The van der Waals surface area contributed by atoms with Crippen molar-refractivity contribution in [1.82, 2.24) is 9.88 Å². The van der Waals surface area contributed by atoms with E-state index >= 15 is 0 Å². The molecule has 0 bridgehead atoms. The fourth-order valence-electron chi connectivity index (χ4n) is 2.42. The highest BCUT2D eigenvalue weighted by molar-refractivity contribution is 6.29. The van der Waals surface area contributed by atoms with Crippen LogP contribution in [0.15, 0.2) is 12.1 Å². The summed E-state index contributed by atoms with van der Waals surface area (Å²) < 4.78 is 0. The second-order valence-corrected chi connectivity index (χ2v) is 5.99. The number of halogens is 1. The van der Waals surface area contributed by atoms with Gasteiger partial charge in [-0.05, 0) is 30.4 Å². The Morgan fingerprint density at radius 3 is 2.83 bits per heavy atom.